The molecule has 0 N–H and O–H groups in total. The van der Waals surface area contributed by atoms with Crippen molar-refractivity contribution < 1.29 is 17.9 Å². The van der Waals surface area contributed by atoms with Gasteiger partial charge in [-0.15, -0.1) is 26.3 Å². The highest BCUT2D eigenvalue weighted by atomic mass is 32.2. The third-order valence-electron chi connectivity index (χ3n) is 6.55. The molecule has 4 nitrogen and oxygen atoms in total. The second-order valence-electron chi connectivity index (χ2n) is 9.43. The van der Waals surface area contributed by atoms with E-state index < -0.39 is 9.84 Å². The molecule has 4 rings (SSSR count). The largest absolute Gasteiger partial charge is 0.456 e. The molecule has 4 aromatic rings. The Hall–Kier alpha value is -4.61. The second-order valence-corrected chi connectivity index (χ2v) is 11.3. The van der Waals surface area contributed by atoms with Crippen LogP contribution in [-0.2, 0) is 35.5 Å². The molecule has 0 unspecified atom stereocenters. The number of benzene rings is 4. The van der Waals surface area contributed by atoms with Gasteiger partial charge < -0.3 is 9.47 Å². The number of hydrogen-bond donors (Lipinski definition) is 0. The van der Waals surface area contributed by atoms with E-state index in [1.165, 1.54) is 0 Å². The lowest BCUT2D eigenvalue weighted by Crippen LogP contribution is -2.06. The molecule has 0 saturated carbocycles. The molecule has 0 aliphatic carbocycles. The van der Waals surface area contributed by atoms with Crippen molar-refractivity contribution in [2.45, 2.75) is 35.5 Å². The Bertz CT molecular complexity index is 1560. The van der Waals surface area contributed by atoms with Crippen LogP contribution < -0.4 is 9.47 Å². The van der Waals surface area contributed by atoms with Gasteiger partial charge in [0.2, 0.25) is 9.84 Å². The van der Waals surface area contributed by atoms with Crippen LogP contribution in [0.1, 0.15) is 22.3 Å². The highest BCUT2D eigenvalue weighted by Gasteiger charge is 2.26. The minimum Gasteiger partial charge on any atom is -0.456 e. The van der Waals surface area contributed by atoms with E-state index in [0.29, 0.717) is 24.3 Å². The molecule has 4 aromatic carbocycles. The summed E-state index contributed by atoms with van der Waals surface area (Å²) >= 11 is 0. The van der Waals surface area contributed by atoms with Gasteiger partial charge in [0.05, 0.1) is 0 Å². The molecule has 41 heavy (non-hydrogen) atoms. The summed E-state index contributed by atoms with van der Waals surface area (Å²) in [6.45, 7) is 15.4. The predicted molar refractivity (Wildman–Crippen MR) is 167 cm³/mol. The van der Waals surface area contributed by atoms with Gasteiger partial charge in [0.1, 0.15) is 32.8 Å². The molecule has 0 radical (unpaired) electrons. The van der Waals surface area contributed by atoms with Gasteiger partial charge in [-0.25, -0.2) is 8.42 Å². The van der Waals surface area contributed by atoms with E-state index >= 15 is 0 Å². The minimum atomic E-state index is -4.02. The van der Waals surface area contributed by atoms with E-state index in [0.717, 1.165) is 35.1 Å². The van der Waals surface area contributed by atoms with Crippen molar-refractivity contribution in [3.63, 3.8) is 0 Å². The highest BCUT2D eigenvalue weighted by Crippen LogP contribution is 2.38. The Kier molecular flexibility index (Phi) is 9.77. The van der Waals surface area contributed by atoms with E-state index in [1.54, 1.807) is 48.5 Å². The monoisotopic (exact) mass is 562 g/mol. The summed E-state index contributed by atoms with van der Waals surface area (Å²) in [7, 11) is -4.02. The zero-order chi connectivity index (χ0) is 29.2. The van der Waals surface area contributed by atoms with Crippen molar-refractivity contribution in [3.8, 4) is 23.0 Å². The smallest absolute Gasteiger partial charge is 0.213 e. The number of para-hydroxylation sites is 2. The molecule has 0 aliphatic heterocycles. The maximum atomic E-state index is 14.1. The van der Waals surface area contributed by atoms with E-state index in [2.05, 4.69) is 26.3 Å². The van der Waals surface area contributed by atoms with Gasteiger partial charge in [-0.1, -0.05) is 60.7 Å². The zero-order valence-electron chi connectivity index (χ0n) is 23.1. The Morgan fingerprint density at radius 2 is 0.878 bits per heavy atom. The van der Waals surface area contributed by atoms with E-state index in [1.807, 2.05) is 60.7 Å². The molecule has 0 heterocycles. The summed E-state index contributed by atoms with van der Waals surface area (Å²) in [5, 5.41) is 0. The van der Waals surface area contributed by atoms with Crippen LogP contribution in [0, 0.1) is 0 Å². The van der Waals surface area contributed by atoms with Gasteiger partial charge in [-0.3, -0.25) is 0 Å². The highest BCUT2D eigenvalue weighted by molar-refractivity contribution is 7.91. The molecule has 0 amide bonds. The summed E-state index contributed by atoms with van der Waals surface area (Å²) in [5.74, 6) is 1.53. The lowest BCUT2D eigenvalue weighted by molar-refractivity contribution is 0.461. The van der Waals surface area contributed by atoms with Crippen LogP contribution in [0.25, 0.3) is 0 Å². The summed E-state index contributed by atoms with van der Waals surface area (Å²) in [6, 6.07) is 24.7. The fraction of sp³-hybridized carbons (Fsp3) is 0.111. The molecule has 0 aliphatic rings. The van der Waals surface area contributed by atoms with Crippen molar-refractivity contribution in [2.75, 3.05) is 0 Å². The van der Waals surface area contributed by atoms with Gasteiger partial charge in [0.15, 0.2) is 0 Å². The quantitative estimate of drug-likeness (QED) is 0.144. The van der Waals surface area contributed by atoms with Crippen molar-refractivity contribution in [2.24, 2.45) is 0 Å². The molecule has 0 bridgehead atoms. The number of rotatable bonds is 14. The first-order chi connectivity index (χ1) is 19.9. The maximum Gasteiger partial charge on any atom is 0.213 e. The van der Waals surface area contributed by atoms with Gasteiger partial charge in [-0.2, -0.15) is 0 Å². The molecule has 0 saturated heterocycles. The van der Waals surface area contributed by atoms with Crippen molar-refractivity contribution in [3.05, 3.63) is 158 Å². The predicted octanol–water partition coefficient (Wildman–Crippen LogP) is 9.02. The first-order valence-electron chi connectivity index (χ1n) is 13.4. The number of sulfone groups is 1. The van der Waals surface area contributed by atoms with E-state index in [4.69, 9.17) is 9.47 Å². The Morgan fingerprint density at radius 3 is 1.27 bits per heavy atom. The number of ether oxygens (including phenoxy) is 2. The fourth-order valence-corrected chi connectivity index (χ4v) is 6.12. The Labute approximate surface area is 243 Å². The third-order valence-corrected chi connectivity index (χ3v) is 8.38. The van der Waals surface area contributed by atoms with Crippen LogP contribution in [0.2, 0.25) is 0 Å². The molecule has 0 atom stereocenters. The zero-order valence-corrected chi connectivity index (χ0v) is 23.9. The van der Waals surface area contributed by atoms with Crippen LogP contribution >= 0.6 is 0 Å². The summed E-state index contributed by atoms with van der Waals surface area (Å²) in [4.78, 5) is 0.0929. The maximum absolute atomic E-state index is 14.1. The average Bonchev–Trinajstić information content (AvgIpc) is 2.97. The summed E-state index contributed by atoms with van der Waals surface area (Å²) < 4.78 is 40.5. The Balaban J connectivity index is 1.70. The summed E-state index contributed by atoms with van der Waals surface area (Å²) in [6.07, 6.45) is 10.1. The lowest BCUT2D eigenvalue weighted by Gasteiger charge is -2.16. The molecular weight excluding hydrogens is 528 g/mol. The van der Waals surface area contributed by atoms with Gasteiger partial charge in [0, 0.05) is 0 Å². The topological polar surface area (TPSA) is 52.6 Å². The molecule has 5 heteroatoms. The van der Waals surface area contributed by atoms with Gasteiger partial charge in [-0.05, 0) is 96.5 Å². The van der Waals surface area contributed by atoms with Gasteiger partial charge >= 0.3 is 0 Å². The van der Waals surface area contributed by atoms with Crippen molar-refractivity contribution >= 4 is 9.84 Å². The second kappa shape index (κ2) is 13.6. The molecule has 0 fully saturated rings. The minimum absolute atomic E-state index is 0.0465. The van der Waals surface area contributed by atoms with Crippen LogP contribution in [0.5, 0.6) is 23.0 Å². The SMILES string of the molecule is C=CCc1ccc(Oc2ccccc2S(=O)(=O)c2ccccc2Oc2ccc(CC=C)c(CC=C)c2)cc1CC=C. The van der Waals surface area contributed by atoms with E-state index in [-0.39, 0.29) is 21.3 Å². The molecular formula is C36H34O4S. The Morgan fingerprint density at radius 1 is 0.512 bits per heavy atom. The first kappa shape index (κ1) is 29.4. The fourth-order valence-electron chi connectivity index (χ4n) is 4.62. The van der Waals surface area contributed by atoms with Crippen LogP contribution in [0.15, 0.2) is 145 Å². The standard InChI is InChI=1S/C36H34O4S/c1-5-13-27-21-23-31(25-29(27)15-7-3)39-33-17-9-11-19-35(33)41(37,38)36-20-12-10-18-34(36)40-32-24-22-28(14-6-2)30(26-32)16-8-4/h5-12,17-26H,1-4,13-16H2. The third kappa shape index (κ3) is 6.94. The molecule has 208 valence electrons. The lowest BCUT2D eigenvalue weighted by atomic mass is 10.0. The first-order valence-corrected chi connectivity index (χ1v) is 14.9. The summed E-state index contributed by atoms with van der Waals surface area (Å²) in [5.41, 5.74) is 4.33. The van der Waals surface area contributed by atoms with Crippen LogP contribution in [0.3, 0.4) is 0 Å². The van der Waals surface area contributed by atoms with E-state index in [9.17, 15) is 8.42 Å². The van der Waals surface area contributed by atoms with Crippen molar-refractivity contribution in [1.82, 2.24) is 0 Å². The number of allylic oxidation sites excluding steroid dienone is 4. The van der Waals surface area contributed by atoms with Crippen molar-refractivity contribution in [1.29, 1.82) is 0 Å². The average molecular weight is 563 g/mol. The molecule has 0 spiro atoms. The van der Waals surface area contributed by atoms with Crippen LogP contribution in [0.4, 0.5) is 0 Å². The van der Waals surface area contributed by atoms with Gasteiger partial charge in [0.25, 0.3) is 0 Å². The van der Waals surface area contributed by atoms with Crippen LogP contribution in [-0.4, -0.2) is 8.42 Å². The normalized spacial score (nSPS) is 10.9. The molecule has 0 aromatic heterocycles. The number of hydrogen-bond acceptors (Lipinski definition) is 4.